The predicted octanol–water partition coefficient (Wildman–Crippen LogP) is 2.13. The second-order valence-electron chi connectivity index (χ2n) is 3.80. The summed E-state index contributed by atoms with van der Waals surface area (Å²) in [4.78, 5) is 0. The van der Waals surface area contributed by atoms with Crippen LogP contribution in [0.25, 0.3) is 0 Å². The second-order valence-corrected chi connectivity index (χ2v) is 3.80. The molecular formula is C11H14F2N2. The fourth-order valence-corrected chi connectivity index (χ4v) is 1.79. The number of rotatable bonds is 2. The van der Waals surface area contributed by atoms with Gasteiger partial charge in [-0.05, 0) is 38.1 Å². The summed E-state index contributed by atoms with van der Waals surface area (Å²) in [6.07, 6.45) is 2.03. The molecule has 0 bridgehead atoms. The number of hydrogen-bond acceptors (Lipinski definition) is 2. The minimum Gasteiger partial charge on any atom is -0.382 e. The molecule has 4 heteroatoms. The van der Waals surface area contributed by atoms with Gasteiger partial charge in [-0.25, -0.2) is 8.78 Å². The van der Waals surface area contributed by atoms with Crippen molar-refractivity contribution in [3.63, 3.8) is 0 Å². The molecule has 1 aromatic rings. The van der Waals surface area contributed by atoms with E-state index < -0.39 is 11.6 Å². The van der Waals surface area contributed by atoms with Crippen molar-refractivity contribution in [3.8, 4) is 0 Å². The average Bonchev–Trinajstić information content (AvgIpc) is 2.25. The van der Waals surface area contributed by atoms with Crippen LogP contribution in [-0.4, -0.2) is 19.1 Å². The molecule has 2 N–H and O–H groups in total. The first-order chi connectivity index (χ1) is 7.25. The first kappa shape index (κ1) is 10.4. The summed E-state index contributed by atoms with van der Waals surface area (Å²) >= 11 is 0. The molecule has 1 aliphatic rings. The lowest BCUT2D eigenvalue weighted by Crippen LogP contribution is -2.35. The van der Waals surface area contributed by atoms with Gasteiger partial charge in [0.1, 0.15) is 0 Å². The molecule has 2 rings (SSSR count). The van der Waals surface area contributed by atoms with Crippen molar-refractivity contribution in [2.75, 3.05) is 18.4 Å². The Balaban J connectivity index is 2.00. The Morgan fingerprint density at radius 3 is 2.53 bits per heavy atom. The van der Waals surface area contributed by atoms with Crippen molar-refractivity contribution in [1.82, 2.24) is 5.32 Å². The Morgan fingerprint density at radius 1 is 1.13 bits per heavy atom. The summed E-state index contributed by atoms with van der Waals surface area (Å²) < 4.78 is 25.6. The molecule has 0 spiro atoms. The van der Waals surface area contributed by atoms with Crippen LogP contribution in [0.5, 0.6) is 0 Å². The summed E-state index contributed by atoms with van der Waals surface area (Å²) in [5.74, 6) is -1.60. The third-order valence-electron chi connectivity index (χ3n) is 2.63. The Labute approximate surface area is 87.7 Å². The molecule has 0 aliphatic carbocycles. The van der Waals surface area contributed by atoms with Gasteiger partial charge in [-0.15, -0.1) is 0 Å². The van der Waals surface area contributed by atoms with Gasteiger partial charge in [0, 0.05) is 17.8 Å². The van der Waals surface area contributed by atoms with Crippen molar-refractivity contribution >= 4 is 5.69 Å². The molecule has 1 aromatic carbocycles. The van der Waals surface area contributed by atoms with Crippen LogP contribution in [0.15, 0.2) is 18.2 Å². The molecule has 1 aliphatic heterocycles. The van der Waals surface area contributed by atoms with E-state index in [0.29, 0.717) is 11.7 Å². The first-order valence-corrected chi connectivity index (χ1v) is 5.18. The number of nitrogens with one attached hydrogen (secondary N) is 2. The fraction of sp³-hybridized carbons (Fsp3) is 0.455. The SMILES string of the molecule is Fc1ccc(NC2CCNCC2)cc1F. The maximum Gasteiger partial charge on any atom is 0.160 e. The Morgan fingerprint density at radius 2 is 1.87 bits per heavy atom. The van der Waals surface area contributed by atoms with Crippen LogP contribution >= 0.6 is 0 Å². The normalized spacial score (nSPS) is 17.7. The fourth-order valence-electron chi connectivity index (χ4n) is 1.79. The van der Waals surface area contributed by atoms with Crippen molar-refractivity contribution in [2.24, 2.45) is 0 Å². The van der Waals surface area contributed by atoms with E-state index in [0.717, 1.165) is 32.0 Å². The van der Waals surface area contributed by atoms with Gasteiger partial charge >= 0.3 is 0 Å². The number of anilines is 1. The summed E-state index contributed by atoms with van der Waals surface area (Å²) in [7, 11) is 0. The Bertz CT molecular complexity index is 335. The summed E-state index contributed by atoms with van der Waals surface area (Å²) in [6, 6.07) is 4.28. The highest BCUT2D eigenvalue weighted by Crippen LogP contribution is 2.16. The Hall–Kier alpha value is -1.16. The molecular weight excluding hydrogens is 198 g/mol. The summed E-state index contributed by atoms with van der Waals surface area (Å²) in [5.41, 5.74) is 0.654. The molecule has 0 radical (unpaired) electrons. The van der Waals surface area contributed by atoms with Gasteiger partial charge in [0.05, 0.1) is 0 Å². The van der Waals surface area contributed by atoms with Crippen LogP contribution in [0, 0.1) is 11.6 Å². The first-order valence-electron chi connectivity index (χ1n) is 5.18. The summed E-state index contributed by atoms with van der Waals surface area (Å²) in [5, 5.41) is 6.45. The largest absolute Gasteiger partial charge is 0.382 e. The van der Waals surface area contributed by atoms with Gasteiger partial charge < -0.3 is 10.6 Å². The molecule has 0 aromatic heterocycles. The van der Waals surface area contributed by atoms with Gasteiger partial charge in [-0.3, -0.25) is 0 Å². The molecule has 15 heavy (non-hydrogen) atoms. The van der Waals surface area contributed by atoms with Crippen LogP contribution in [-0.2, 0) is 0 Å². The molecule has 1 fully saturated rings. The predicted molar refractivity (Wildman–Crippen MR) is 55.9 cm³/mol. The molecule has 1 heterocycles. The van der Waals surface area contributed by atoms with Gasteiger partial charge in [0.15, 0.2) is 11.6 Å². The second kappa shape index (κ2) is 4.57. The molecule has 2 nitrogen and oxygen atoms in total. The van der Waals surface area contributed by atoms with E-state index in [1.54, 1.807) is 6.07 Å². The number of benzene rings is 1. The van der Waals surface area contributed by atoms with Crippen molar-refractivity contribution in [2.45, 2.75) is 18.9 Å². The Kier molecular flexibility index (Phi) is 3.16. The minimum atomic E-state index is -0.800. The highest BCUT2D eigenvalue weighted by molar-refractivity contribution is 5.44. The van der Waals surface area contributed by atoms with E-state index in [1.165, 1.54) is 6.07 Å². The van der Waals surface area contributed by atoms with Crippen molar-refractivity contribution in [3.05, 3.63) is 29.8 Å². The van der Waals surface area contributed by atoms with Gasteiger partial charge in [0.2, 0.25) is 0 Å². The lowest BCUT2D eigenvalue weighted by molar-refractivity contribution is 0.477. The standard InChI is InChI=1S/C11H14F2N2/c12-10-2-1-9(7-11(10)13)15-8-3-5-14-6-4-8/h1-2,7-8,14-15H,3-6H2. The summed E-state index contributed by atoms with van der Waals surface area (Å²) in [6.45, 7) is 1.95. The highest BCUT2D eigenvalue weighted by Gasteiger charge is 2.13. The van der Waals surface area contributed by atoms with E-state index in [9.17, 15) is 8.78 Å². The topological polar surface area (TPSA) is 24.1 Å². The number of piperidine rings is 1. The lowest BCUT2D eigenvalue weighted by atomic mass is 10.1. The minimum absolute atomic E-state index is 0.358. The number of hydrogen-bond donors (Lipinski definition) is 2. The van der Waals surface area contributed by atoms with E-state index in [2.05, 4.69) is 10.6 Å². The van der Waals surface area contributed by atoms with Gasteiger partial charge in [-0.1, -0.05) is 0 Å². The maximum atomic E-state index is 12.9. The maximum absolute atomic E-state index is 12.9. The van der Waals surface area contributed by atoms with Gasteiger partial charge in [-0.2, -0.15) is 0 Å². The molecule has 0 saturated carbocycles. The van der Waals surface area contributed by atoms with Crippen LogP contribution in [0.3, 0.4) is 0 Å². The highest BCUT2D eigenvalue weighted by atomic mass is 19.2. The zero-order valence-electron chi connectivity index (χ0n) is 8.39. The average molecular weight is 212 g/mol. The van der Waals surface area contributed by atoms with Crippen LogP contribution in [0.4, 0.5) is 14.5 Å². The van der Waals surface area contributed by atoms with Crippen molar-refractivity contribution < 1.29 is 8.78 Å². The molecule has 0 atom stereocenters. The zero-order valence-corrected chi connectivity index (χ0v) is 8.39. The molecule has 0 amide bonds. The van der Waals surface area contributed by atoms with Crippen LogP contribution in [0.2, 0.25) is 0 Å². The van der Waals surface area contributed by atoms with Crippen LogP contribution < -0.4 is 10.6 Å². The third kappa shape index (κ3) is 2.65. The van der Waals surface area contributed by atoms with Crippen LogP contribution in [0.1, 0.15) is 12.8 Å². The zero-order chi connectivity index (χ0) is 10.7. The van der Waals surface area contributed by atoms with Gasteiger partial charge in [0.25, 0.3) is 0 Å². The van der Waals surface area contributed by atoms with E-state index in [4.69, 9.17) is 0 Å². The van der Waals surface area contributed by atoms with Crippen molar-refractivity contribution in [1.29, 1.82) is 0 Å². The van der Waals surface area contributed by atoms with E-state index in [-0.39, 0.29) is 0 Å². The molecule has 82 valence electrons. The van der Waals surface area contributed by atoms with E-state index >= 15 is 0 Å². The lowest BCUT2D eigenvalue weighted by Gasteiger charge is -2.24. The molecule has 1 saturated heterocycles. The molecule has 0 unspecified atom stereocenters. The monoisotopic (exact) mass is 212 g/mol. The van der Waals surface area contributed by atoms with E-state index in [1.807, 2.05) is 0 Å². The quantitative estimate of drug-likeness (QED) is 0.784. The number of halogens is 2. The third-order valence-corrected chi connectivity index (χ3v) is 2.63. The smallest absolute Gasteiger partial charge is 0.160 e.